The van der Waals surface area contributed by atoms with Gasteiger partial charge in [-0.25, -0.2) is 0 Å². The minimum Gasteiger partial charge on any atom is -0.322 e. The standard InChI is InChI=1S/C29H21F3N4OS/c30-29(31,32)23-10-7-11-24(18-23)33-27(37)22-16-14-20(15-17-22)19-38-28-35-34-26(21-8-3-1-4-9-21)36(28)25-12-5-2-6-13-25/h1-18H,19H2,(H,33,37). The van der Waals surface area contributed by atoms with E-state index in [0.717, 1.165) is 39.9 Å². The normalized spacial score (nSPS) is 11.3. The van der Waals surface area contributed by atoms with Gasteiger partial charge >= 0.3 is 6.18 Å². The molecule has 0 saturated carbocycles. The van der Waals surface area contributed by atoms with E-state index in [1.54, 1.807) is 12.1 Å². The highest BCUT2D eigenvalue weighted by atomic mass is 32.2. The Bertz CT molecular complexity index is 1540. The molecule has 4 aromatic carbocycles. The molecule has 0 fully saturated rings. The first-order valence-corrected chi connectivity index (χ1v) is 12.6. The number of rotatable bonds is 7. The number of nitrogens with zero attached hydrogens (tertiary/aromatic N) is 3. The molecule has 0 atom stereocenters. The summed E-state index contributed by atoms with van der Waals surface area (Å²) in [5, 5.41) is 12.1. The zero-order valence-corrected chi connectivity index (χ0v) is 20.7. The molecule has 0 unspecified atom stereocenters. The van der Waals surface area contributed by atoms with Crippen molar-refractivity contribution in [2.75, 3.05) is 5.32 Å². The maximum absolute atomic E-state index is 13.0. The van der Waals surface area contributed by atoms with Gasteiger partial charge in [0.2, 0.25) is 0 Å². The predicted molar refractivity (Wildman–Crippen MR) is 142 cm³/mol. The molecule has 0 aliphatic carbocycles. The van der Waals surface area contributed by atoms with Gasteiger partial charge in [0, 0.05) is 28.3 Å². The molecule has 0 saturated heterocycles. The van der Waals surface area contributed by atoms with Crippen LogP contribution in [-0.4, -0.2) is 20.7 Å². The third kappa shape index (κ3) is 5.78. The molecule has 0 bridgehead atoms. The number of amides is 1. The number of hydrogen-bond donors (Lipinski definition) is 1. The average Bonchev–Trinajstić information content (AvgIpc) is 3.37. The first-order valence-electron chi connectivity index (χ1n) is 11.6. The van der Waals surface area contributed by atoms with Crippen molar-refractivity contribution in [1.29, 1.82) is 0 Å². The van der Waals surface area contributed by atoms with Crippen molar-refractivity contribution in [3.05, 3.63) is 126 Å². The maximum atomic E-state index is 13.0. The van der Waals surface area contributed by atoms with Gasteiger partial charge in [-0.15, -0.1) is 10.2 Å². The zero-order chi connectivity index (χ0) is 26.5. The third-order valence-corrected chi connectivity index (χ3v) is 6.71. The number of aromatic nitrogens is 3. The van der Waals surface area contributed by atoms with Crippen molar-refractivity contribution in [2.45, 2.75) is 17.1 Å². The molecule has 0 aliphatic heterocycles. The van der Waals surface area contributed by atoms with Gasteiger partial charge in [0.05, 0.1) is 5.56 Å². The number of thioether (sulfide) groups is 1. The zero-order valence-electron chi connectivity index (χ0n) is 19.9. The minimum absolute atomic E-state index is 0.0823. The van der Waals surface area contributed by atoms with Crippen LogP contribution in [0.4, 0.5) is 18.9 Å². The maximum Gasteiger partial charge on any atom is 0.416 e. The summed E-state index contributed by atoms with van der Waals surface area (Å²) in [5.74, 6) is 0.829. The van der Waals surface area contributed by atoms with Crippen molar-refractivity contribution in [3.8, 4) is 17.1 Å². The lowest BCUT2D eigenvalue weighted by Gasteiger charge is -2.11. The van der Waals surface area contributed by atoms with Crippen LogP contribution < -0.4 is 5.32 Å². The van der Waals surface area contributed by atoms with Gasteiger partial charge < -0.3 is 5.32 Å². The molecule has 38 heavy (non-hydrogen) atoms. The molecule has 5 aromatic rings. The van der Waals surface area contributed by atoms with Crippen LogP contribution in [0.25, 0.3) is 17.1 Å². The fourth-order valence-corrected chi connectivity index (χ4v) is 4.73. The summed E-state index contributed by atoms with van der Waals surface area (Å²) < 4.78 is 40.9. The van der Waals surface area contributed by atoms with Crippen LogP contribution in [0.1, 0.15) is 21.5 Å². The van der Waals surface area contributed by atoms with E-state index in [1.807, 2.05) is 77.4 Å². The van der Waals surface area contributed by atoms with E-state index in [2.05, 4.69) is 15.5 Å². The van der Waals surface area contributed by atoms with Crippen molar-refractivity contribution < 1.29 is 18.0 Å². The number of nitrogens with one attached hydrogen (secondary N) is 1. The van der Waals surface area contributed by atoms with Gasteiger partial charge in [0.15, 0.2) is 11.0 Å². The van der Waals surface area contributed by atoms with E-state index in [4.69, 9.17) is 0 Å². The summed E-state index contributed by atoms with van der Waals surface area (Å²) in [5.41, 5.74) is 2.46. The van der Waals surface area contributed by atoms with E-state index in [-0.39, 0.29) is 5.69 Å². The third-order valence-electron chi connectivity index (χ3n) is 5.71. The SMILES string of the molecule is O=C(Nc1cccc(C(F)(F)F)c1)c1ccc(CSc2nnc(-c3ccccc3)n2-c2ccccc2)cc1. The second-order valence-corrected chi connectivity index (χ2v) is 9.30. The number of anilines is 1. The van der Waals surface area contributed by atoms with Crippen LogP contribution in [0.3, 0.4) is 0 Å². The van der Waals surface area contributed by atoms with Crippen molar-refractivity contribution in [3.63, 3.8) is 0 Å². The van der Waals surface area contributed by atoms with Crippen molar-refractivity contribution in [1.82, 2.24) is 14.8 Å². The number of para-hydroxylation sites is 1. The van der Waals surface area contributed by atoms with Crippen LogP contribution in [0.5, 0.6) is 0 Å². The molecule has 1 amide bonds. The Morgan fingerprint density at radius 2 is 1.50 bits per heavy atom. The van der Waals surface area contributed by atoms with Gasteiger partial charge in [0.25, 0.3) is 5.91 Å². The van der Waals surface area contributed by atoms with Crippen LogP contribution in [0.15, 0.2) is 114 Å². The smallest absolute Gasteiger partial charge is 0.322 e. The quantitative estimate of drug-likeness (QED) is 0.221. The van der Waals surface area contributed by atoms with E-state index >= 15 is 0 Å². The summed E-state index contributed by atoms with van der Waals surface area (Å²) in [4.78, 5) is 12.6. The summed E-state index contributed by atoms with van der Waals surface area (Å²) in [6, 6.07) is 31.2. The molecule has 9 heteroatoms. The molecule has 5 rings (SSSR count). The number of carbonyl (C=O) groups is 1. The molecule has 1 heterocycles. The lowest BCUT2D eigenvalue weighted by Crippen LogP contribution is -2.13. The number of alkyl halides is 3. The topological polar surface area (TPSA) is 59.8 Å². The van der Waals surface area contributed by atoms with Crippen LogP contribution in [0, 0.1) is 0 Å². The lowest BCUT2D eigenvalue weighted by molar-refractivity contribution is -0.137. The highest BCUT2D eigenvalue weighted by molar-refractivity contribution is 7.98. The van der Waals surface area contributed by atoms with E-state index in [0.29, 0.717) is 11.3 Å². The first-order chi connectivity index (χ1) is 18.4. The fourth-order valence-electron chi connectivity index (χ4n) is 3.82. The van der Waals surface area contributed by atoms with Gasteiger partial charge in [-0.3, -0.25) is 9.36 Å². The molecule has 190 valence electrons. The monoisotopic (exact) mass is 530 g/mol. The average molecular weight is 531 g/mol. The minimum atomic E-state index is -4.48. The van der Waals surface area contributed by atoms with Crippen LogP contribution >= 0.6 is 11.8 Å². The van der Waals surface area contributed by atoms with Crippen LogP contribution in [0.2, 0.25) is 0 Å². The Morgan fingerprint density at radius 1 is 0.816 bits per heavy atom. The molecule has 1 N–H and O–H groups in total. The first kappa shape index (κ1) is 25.3. The molecule has 0 radical (unpaired) electrons. The van der Waals surface area contributed by atoms with E-state index in [1.165, 1.54) is 23.9 Å². The lowest BCUT2D eigenvalue weighted by atomic mass is 10.1. The van der Waals surface area contributed by atoms with Crippen molar-refractivity contribution in [2.24, 2.45) is 0 Å². The fraction of sp³-hybridized carbons (Fsp3) is 0.0690. The molecule has 5 nitrogen and oxygen atoms in total. The van der Waals surface area contributed by atoms with E-state index < -0.39 is 17.6 Å². The number of halogens is 3. The Labute approximate surface area is 221 Å². The highest BCUT2D eigenvalue weighted by Crippen LogP contribution is 2.31. The van der Waals surface area contributed by atoms with Gasteiger partial charge in [-0.2, -0.15) is 13.2 Å². The highest BCUT2D eigenvalue weighted by Gasteiger charge is 2.30. The Kier molecular flexibility index (Phi) is 7.28. The van der Waals surface area contributed by atoms with Gasteiger partial charge in [0.1, 0.15) is 0 Å². The Hall–Kier alpha value is -4.37. The van der Waals surface area contributed by atoms with Crippen LogP contribution in [-0.2, 0) is 11.9 Å². The summed E-state index contributed by atoms with van der Waals surface area (Å²) in [6.07, 6.45) is -4.48. The van der Waals surface area contributed by atoms with E-state index in [9.17, 15) is 18.0 Å². The van der Waals surface area contributed by atoms with Crippen molar-refractivity contribution >= 4 is 23.4 Å². The molecule has 0 spiro atoms. The van der Waals surface area contributed by atoms with Gasteiger partial charge in [-0.05, 0) is 48.0 Å². The largest absolute Gasteiger partial charge is 0.416 e. The summed E-state index contributed by atoms with van der Waals surface area (Å²) in [7, 11) is 0. The number of benzene rings is 4. The number of hydrogen-bond acceptors (Lipinski definition) is 4. The van der Waals surface area contributed by atoms with Gasteiger partial charge in [-0.1, -0.05) is 78.5 Å². The number of carbonyl (C=O) groups excluding carboxylic acids is 1. The second-order valence-electron chi connectivity index (χ2n) is 8.36. The predicted octanol–water partition coefficient (Wildman–Crippen LogP) is 7.50. The molecule has 1 aromatic heterocycles. The summed E-state index contributed by atoms with van der Waals surface area (Å²) >= 11 is 1.51. The summed E-state index contributed by atoms with van der Waals surface area (Å²) in [6.45, 7) is 0. The molecule has 0 aliphatic rings. The Morgan fingerprint density at radius 3 is 2.18 bits per heavy atom. The Balaban J connectivity index is 1.30. The molecular weight excluding hydrogens is 509 g/mol. The second kappa shape index (κ2) is 10.9. The molecular formula is C29H21F3N4OS.